The van der Waals surface area contributed by atoms with E-state index in [9.17, 15) is 9.18 Å². The third-order valence-corrected chi connectivity index (χ3v) is 5.20. The number of carbonyl (C=O) groups excluding carboxylic acids is 1. The van der Waals surface area contributed by atoms with Gasteiger partial charge in [0.05, 0.1) is 0 Å². The number of amides is 1. The van der Waals surface area contributed by atoms with Crippen LogP contribution in [-0.2, 0) is 11.3 Å². The van der Waals surface area contributed by atoms with Crippen LogP contribution < -0.4 is 0 Å². The molecular formula is C22H27FN2O. The molecule has 1 saturated heterocycles. The van der Waals surface area contributed by atoms with Crippen LogP contribution in [0.3, 0.4) is 0 Å². The maximum Gasteiger partial charge on any atom is 0.223 e. The molecule has 0 spiro atoms. The Morgan fingerprint density at radius 2 is 1.81 bits per heavy atom. The molecule has 3 rings (SSSR count). The van der Waals surface area contributed by atoms with Gasteiger partial charge in [0.25, 0.3) is 0 Å². The number of hydrogen-bond donors (Lipinski definition) is 0. The SMILES string of the molecule is CC(CC(=O)N1CCN(Cc2ccccc2)C[C@H]1C)c1ccccc1F. The lowest BCUT2D eigenvalue weighted by Crippen LogP contribution is -2.53. The minimum Gasteiger partial charge on any atom is -0.337 e. The lowest BCUT2D eigenvalue weighted by molar-refractivity contribution is -0.136. The van der Waals surface area contributed by atoms with E-state index in [4.69, 9.17) is 0 Å². The van der Waals surface area contributed by atoms with E-state index in [1.807, 2.05) is 24.0 Å². The van der Waals surface area contributed by atoms with E-state index in [0.29, 0.717) is 12.0 Å². The quantitative estimate of drug-likeness (QED) is 0.809. The van der Waals surface area contributed by atoms with Crippen LogP contribution >= 0.6 is 0 Å². The van der Waals surface area contributed by atoms with E-state index >= 15 is 0 Å². The van der Waals surface area contributed by atoms with Gasteiger partial charge in [-0.1, -0.05) is 55.5 Å². The first-order chi connectivity index (χ1) is 12.5. The van der Waals surface area contributed by atoms with Crippen molar-refractivity contribution in [3.05, 3.63) is 71.5 Å². The summed E-state index contributed by atoms with van der Waals surface area (Å²) in [5, 5.41) is 0. The maximum absolute atomic E-state index is 13.9. The highest BCUT2D eigenvalue weighted by Gasteiger charge is 2.28. The monoisotopic (exact) mass is 354 g/mol. The fraction of sp³-hybridized carbons (Fsp3) is 0.409. The lowest BCUT2D eigenvalue weighted by atomic mass is 9.96. The van der Waals surface area contributed by atoms with Gasteiger partial charge in [0.1, 0.15) is 5.82 Å². The lowest BCUT2D eigenvalue weighted by Gasteiger charge is -2.40. The van der Waals surface area contributed by atoms with Crippen LogP contribution in [-0.4, -0.2) is 41.4 Å². The van der Waals surface area contributed by atoms with Crippen molar-refractivity contribution in [2.24, 2.45) is 0 Å². The molecular weight excluding hydrogens is 327 g/mol. The van der Waals surface area contributed by atoms with E-state index in [1.54, 1.807) is 12.1 Å². The largest absolute Gasteiger partial charge is 0.337 e. The highest BCUT2D eigenvalue weighted by molar-refractivity contribution is 5.77. The summed E-state index contributed by atoms with van der Waals surface area (Å²) >= 11 is 0. The van der Waals surface area contributed by atoms with Crippen molar-refractivity contribution >= 4 is 5.91 Å². The predicted molar refractivity (Wildman–Crippen MR) is 102 cm³/mol. The highest BCUT2D eigenvalue weighted by atomic mass is 19.1. The average Bonchev–Trinajstić information content (AvgIpc) is 2.63. The van der Waals surface area contributed by atoms with Crippen molar-refractivity contribution in [3.8, 4) is 0 Å². The molecule has 1 amide bonds. The Bertz CT molecular complexity index is 734. The van der Waals surface area contributed by atoms with E-state index in [1.165, 1.54) is 11.6 Å². The summed E-state index contributed by atoms with van der Waals surface area (Å²) in [4.78, 5) is 17.1. The average molecular weight is 354 g/mol. The summed E-state index contributed by atoms with van der Waals surface area (Å²) in [6.45, 7) is 7.42. The molecule has 0 saturated carbocycles. The maximum atomic E-state index is 13.9. The van der Waals surface area contributed by atoms with Gasteiger partial charge in [-0.25, -0.2) is 4.39 Å². The summed E-state index contributed by atoms with van der Waals surface area (Å²) in [7, 11) is 0. The van der Waals surface area contributed by atoms with E-state index in [0.717, 1.165) is 26.2 Å². The normalized spacial score (nSPS) is 19.3. The minimum atomic E-state index is -0.228. The van der Waals surface area contributed by atoms with Gasteiger partial charge in [-0.15, -0.1) is 0 Å². The summed E-state index contributed by atoms with van der Waals surface area (Å²) in [5.74, 6) is -0.223. The summed E-state index contributed by atoms with van der Waals surface area (Å²) in [6, 6.07) is 17.3. The van der Waals surface area contributed by atoms with Gasteiger partial charge in [-0.05, 0) is 30.0 Å². The summed E-state index contributed by atoms with van der Waals surface area (Å²) in [6.07, 6.45) is 0.351. The van der Waals surface area contributed by atoms with Gasteiger partial charge in [-0.2, -0.15) is 0 Å². The van der Waals surface area contributed by atoms with E-state index in [2.05, 4.69) is 36.1 Å². The number of carbonyl (C=O) groups is 1. The van der Waals surface area contributed by atoms with Crippen LogP contribution in [0.25, 0.3) is 0 Å². The molecule has 1 unspecified atom stereocenters. The molecule has 0 aromatic heterocycles. The van der Waals surface area contributed by atoms with Gasteiger partial charge >= 0.3 is 0 Å². The molecule has 138 valence electrons. The first kappa shape index (κ1) is 18.6. The molecule has 0 radical (unpaired) electrons. The van der Waals surface area contributed by atoms with E-state index in [-0.39, 0.29) is 23.7 Å². The second-order valence-electron chi connectivity index (χ2n) is 7.28. The molecule has 1 fully saturated rings. The smallest absolute Gasteiger partial charge is 0.223 e. The number of benzene rings is 2. The van der Waals surface area contributed by atoms with Crippen molar-refractivity contribution in [1.82, 2.24) is 9.80 Å². The van der Waals surface area contributed by atoms with E-state index < -0.39 is 0 Å². The molecule has 2 aromatic carbocycles. The topological polar surface area (TPSA) is 23.6 Å². The molecule has 1 aliphatic heterocycles. The van der Waals surface area contributed by atoms with Crippen molar-refractivity contribution in [3.63, 3.8) is 0 Å². The Morgan fingerprint density at radius 3 is 2.50 bits per heavy atom. The molecule has 26 heavy (non-hydrogen) atoms. The molecule has 0 aliphatic carbocycles. The van der Waals surface area contributed by atoms with Crippen LogP contribution in [0.5, 0.6) is 0 Å². The Kier molecular flexibility index (Phi) is 6.04. The van der Waals surface area contributed by atoms with Gasteiger partial charge < -0.3 is 4.90 Å². The zero-order valence-electron chi connectivity index (χ0n) is 15.6. The number of hydrogen-bond acceptors (Lipinski definition) is 2. The Morgan fingerprint density at radius 1 is 1.12 bits per heavy atom. The van der Waals surface area contributed by atoms with Gasteiger partial charge in [0.2, 0.25) is 5.91 Å². The van der Waals surface area contributed by atoms with Crippen LogP contribution in [0, 0.1) is 5.82 Å². The number of piperazine rings is 1. The van der Waals surface area contributed by atoms with Crippen LogP contribution in [0.15, 0.2) is 54.6 Å². The molecule has 0 N–H and O–H groups in total. The molecule has 1 heterocycles. The first-order valence-electron chi connectivity index (χ1n) is 9.34. The fourth-order valence-corrected chi connectivity index (χ4v) is 3.75. The highest BCUT2D eigenvalue weighted by Crippen LogP contribution is 2.24. The molecule has 3 nitrogen and oxygen atoms in total. The van der Waals surface area contributed by atoms with Gasteiger partial charge in [0, 0.05) is 38.6 Å². The van der Waals surface area contributed by atoms with Crippen LogP contribution in [0.4, 0.5) is 4.39 Å². The van der Waals surface area contributed by atoms with Crippen molar-refractivity contribution in [2.75, 3.05) is 19.6 Å². The fourth-order valence-electron chi connectivity index (χ4n) is 3.75. The van der Waals surface area contributed by atoms with Crippen molar-refractivity contribution < 1.29 is 9.18 Å². The Balaban J connectivity index is 1.55. The Hall–Kier alpha value is -2.20. The number of nitrogens with zero attached hydrogens (tertiary/aromatic N) is 2. The van der Waals surface area contributed by atoms with Crippen molar-refractivity contribution in [2.45, 2.75) is 38.8 Å². The Labute approximate surface area is 155 Å². The van der Waals surface area contributed by atoms with Gasteiger partial charge in [0.15, 0.2) is 0 Å². The third-order valence-electron chi connectivity index (χ3n) is 5.20. The van der Waals surface area contributed by atoms with Gasteiger partial charge in [-0.3, -0.25) is 9.69 Å². The third kappa shape index (κ3) is 4.50. The standard InChI is InChI=1S/C22H27FN2O/c1-17(20-10-6-7-11-21(20)23)14-22(26)25-13-12-24(15-18(25)2)16-19-8-4-3-5-9-19/h3-11,17-18H,12-16H2,1-2H3/t17?,18-/m1/s1. The summed E-state index contributed by atoms with van der Waals surface area (Å²) in [5.41, 5.74) is 1.92. The van der Waals surface area contributed by atoms with Crippen LogP contribution in [0.2, 0.25) is 0 Å². The second-order valence-corrected chi connectivity index (χ2v) is 7.28. The minimum absolute atomic E-state index is 0.113. The first-order valence-corrected chi connectivity index (χ1v) is 9.34. The number of rotatable bonds is 5. The molecule has 4 heteroatoms. The second kappa shape index (κ2) is 8.45. The van der Waals surface area contributed by atoms with Crippen LogP contribution in [0.1, 0.15) is 37.3 Å². The molecule has 2 aromatic rings. The number of halogens is 1. The molecule has 2 atom stereocenters. The van der Waals surface area contributed by atoms with Crippen molar-refractivity contribution in [1.29, 1.82) is 0 Å². The summed E-state index contributed by atoms with van der Waals surface area (Å²) < 4.78 is 13.9. The molecule has 1 aliphatic rings. The zero-order chi connectivity index (χ0) is 18.5. The zero-order valence-corrected chi connectivity index (χ0v) is 15.6. The predicted octanol–water partition coefficient (Wildman–Crippen LogP) is 4.05. The molecule has 0 bridgehead atoms.